The molecule has 0 unspecified atom stereocenters. The summed E-state index contributed by atoms with van der Waals surface area (Å²) >= 11 is 6.18. The van der Waals surface area contributed by atoms with E-state index < -0.39 is 5.41 Å². The number of ether oxygens (including phenoxy) is 1. The van der Waals surface area contributed by atoms with Crippen LogP contribution in [0.2, 0.25) is 5.02 Å². The molecular weight excluding hydrogens is 330 g/mol. The van der Waals surface area contributed by atoms with E-state index in [1.807, 2.05) is 12.0 Å². The molecule has 1 aromatic carbocycles. The van der Waals surface area contributed by atoms with Crippen molar-refractivity contribution in [3.63, 3.8) is 0 Å². The Morgan fingerprint density at radius 2 is 1.92 bits per heavy atom. The molecule has 0 spiro atoms. The second-order valence-corrected chi connectivity index (χ2v) is 6.68. The largest absolute Gasteiger partial charge is 0.511 e. The average Bonchev–Trinajstić information content (AvgIpc) is 2.55. The Bertz CT molecular complexity index is 648. The van der Waals surface area contributed by atoms with Gasteiger partial charge in [-0.2, -0.15) is 5.06 Å². The zero-order chi connectivity index (χ0) is 17.9. The summed E-state index contributed by atoms with van der Waals surface area (Å²) < 4.78 is 5.35. The Labute approximate surface area is 147 Å². The lowest BCUT2D eigenvalue weighted by atomic mass is 9.76. The molecule has 1 aromatic rings. The van der Waals surface area contributed by atoms with Gasteiger partial charge in [-0.1, -0.05) is 30.7 Å². The lowest BCUT2D eigenvalue weighted by molar-refractivity contribution is -0.156. The van der Waals surface area contributed by atoms with E-state index in [1.165, 1.54) is 14.0 Å². The SMILES string of the molecule is COc1c(Cl)cccc1/C(C(C)=O)=C(\O)C1(C)CCN(OC)CC1. The maximum absolute atomic E-state index is 12.3. The third-order valence-electron chi connectivity index (χ3n) is 4.69. The number of hydrogen-bond acceptors (Lipinski definition) is 5. The van der Waals surface area contributed by atoms with Crippen LogP contribution in [0.5, 0.6) is 5.75 Å². The first-order chi connectivity index (χ1) is 11.3. The average molecular weight is 354 g/mol. The summed E-state index contributed by atoms with van der Waals surface area (Å²) in [5.41, 5.74) is 0.289. The summed E-state index contributed by atoms with van der Waals surface area (Å²) in [7, 11) is 3.13. The van der Waals surface area contributed by atoms with Crippen LogP contribution in [0.3, 0.4) is 0 Å². The molecule has 0 radical (unpaired) electrons. The van der Waals surface area contributed by atoms with Gasteiger partial charge in [-0.05, 0) is 25.8 Å². The van der Waals surface area contributed by atoms with E-state index in [0.717, 1.165) is 0 Å². The molecule has 132 valence electrons. The highest BCUT2D eigenvalue weighted by Crippen LogP contribution is 2.43. The van der Waals surface area contributed by atoms with E-state index in [-0.39, 0.29) is 17.1 Å². The highest BCUT2D eigenvalue weighted by Gasteiger charge is 2.37. The fraction of sp³-hybridized carbons (Fsp3) is 0.500. The number of aliphatic hydroxyl groups is 1. The highest BCUT2D eigenvalue weighted by molar-refractivity contribution is 6.33. The molecule has 1 saturated heterocycles. The molecule has 1 aliphatic rings. The van der Waals surface area contributed by atoms with Crippen molar-refractivity contribution >= 4 is 23.0 Å². The van der Waals surface area contributed by atoms with Gasteiger partial charge in [0.2, 0.25) is 0 Å². The fourth-order valence-corrected chi connectivity index (χ4v) is 3.35. The minimum atomic E-state index is -0.497. The van der Waals surface area contributed by atoms with Crippen molar-refractivity contribution in [3.05, 3.63) is 34.5 Å². The van der Waals surface area contributed by atoms with Gasteiger partial charge in [-0.3, -0.25) is 4.79 Å². The molecule has 6 heteroatoms. The topological polar surface area (TPSA) is 59.0 Å². The molecule has 1 aliphatic heterocycles. The van der Waals surface area contributed by atoms with Gasteiger partial charge < -0.3 is 14.7 Å². The number of halogens is 1. The van der Waals surface area contributed by atoms with Crippen molar-refractivity contribution < 1.29 is 19.5 Å². The number of hydroxylamine groups is 2. The van der Waals surface area contributed by atoms with Gasteiger partial charge in [-0.15, -0.1) is 0 Å². The van der Waals surface area contributed by atoms with Gasteiger partial charge in [0.1, 0.15) is 11.5 Å². The van der Waals surface area contributed by atoms with Crippen LogP contribution in [0.4, 0.5) is 0 Å². The summed E-state index contributed by atoms with van der Waals surface area (Å²) in [4.78, 5) is 17.6. The number of ketones is 1. The molecule has 0 amide bonds. The molecule has 24 heavy (non-hydrogen) atoms. The maximum atomic E-state index is 12.3. The molecule has 2 rings (SSSR count). The number of methoxy groups -OCH3 is 1. The second-order valence-electron chi connectivity index (χ2n) is 6.27. The monoisotopic (exact) mass is 353 g/mol. The van der Waals surface area contributed by atoms with E-state index >= 15 is 0 Å². The second kappa shape index (κ2) is 7.55. The highest BCUT2D eigenvalue weighted by atomic mass is 35.5. The number of allylic oxidation sites excluding steroid dienone is 2. The van der Waals surface area contributed by atoms with Crippen molar-refractivity contribution in [3.8, 4) is 5.75 Å². The minimum absolute atomic E-state index is 0.0892. The number of benzene rings is 1. The van der Waals surface area contributed by atoms with Crippen LogP contribution in [0.15, 0.2) is 24.0 Å². The summed E-state index contributed by atoms with van der Waals surface area (Å²) in [5.74, 6) is 0.267. The first-order valence-electron chi connectivity index (χ1n) is 7.90. The van der Waals surface area contributed by atoms with Crippen LogP contribution in [0.25, 0.3) is 5.57 Å². The molecule has 0 bridgehead atoms. The number of hydrogen-bond donors (Lipinski definition) is 1. The fourth-order valence-electron chi connectivity index (χ4n) is 3.10. The Morgan fingerprint density at radius 1 is 1.29 bits per heavy atom. The number of carbonyl (C=O) groups excluding carboxylic acids is 1. The third-order valence-corrected chi connectivity index (χ3v) is 4.98. The van der Waals surface area contributed by atoms with Crippen molar-refractivity contribution in [2.45, 2.75) is 26.7 Å². The predicted octanol–water partition coefficient (Wildman–Crippen LogP) is 3.87. The van der Waals surface area contributed by atoms with Crippen LogP contribution < -0.4 is 4.74 Å². The smallest absolute Gasteiger partial charge is 0.163 e. The van der Waals surface area contributed by atoms with E-state index in [1.54, 1.807) is 25.3 Å². The molecule has 0 aromatic heterocycles. The minimum Gasteiger partial charge on any atom is -0.511 e. The van der Waals surface area contributed by atoms with Crippen molar-refractivity contribution in [2.24, 2.45) is 5.41 Å². The predicted molar refractivity (Wildman–Crippen MR) is 94.2 cm³/mol. The number of piperidine rings is 1. The molecule has 0 aliphatic carbocycles. The van der Waals surface area contributed by atoms with Gasteiger partial charge in [-0.25, -0.2) is 0 Å². The van der Waals surface area contributed by atoms with Crippen molar-refractivity contribution in [1.82, 2.24) is 5.06 Å². The van der Waals surface area contributed by atoms with Gasteiger partial charge in [0.15, 0.2) is 5.78 Å². The zero-order valence-electron chi connectivity index (χ0n) is 14.6. The standard InChI is InChI=1S/C18H24ClNO4/c1-12(21)15(13-6-5-7-14(19)16(13)23-3)17(22)18(2)8-10-20(24-4)11-9-18/h5-7,22H,8-11H2,1-4H3/b17-15-. The first kappa shape index (κ1) is 18.8. The van der Waals surface area contributed by atoms with Crippen LogP contribution >= 0.6 is 11.6 Å². The van der Waals surface area contributed by atoms with Gasteiger partial charge in [0, 0.05) is 24.1 Å². The molecular formula is C18H24ClNO4. The van der Waals surface area contributed by atoms with E-state index in [9.17, 15) is 9.90 Å². The summed E-state index contributed by atoms with van der Waals surface area (Å²) in [6, 6.07) is 5.18. The molecule has 1 N–H and O–H groups in total. The van der Waals surface area contributed by atoms with Crippen molar-refractivity contribution in [2.75, 3.05) is 27.3 Å². The maximum Gasteiger partial charge on any atom is 0.163 e. The number of para-hydroxylation sites is 1. The normalized spacial score (nSPS) is 18.9. The van der Waals surface area contributed by atoms with Crippen LogP contribution in [-0.2, 0) is 9.63 Å². The van der Waals surface area contributed by atoms with Gasteiger partial charge in [0.05, 0.1) is 24.8 Å². The third kappa shape index (κ3) is 3.58. The summed E-state index contributed by atoms with van der Waals surface area (Å²) in [6.45, 7) is 4.79. The van der Waals surface area contributed by atoms with Gasteiger partial charge in [0.25, 0.3) is 0 Å². The molecule has 1 fully saturated rings. The van der Waals surface area contributed by atoms with Crippen LogP contribution in [0.1, 0.15) is 32.3 Å². The van der Waals surface area contributed by atoms with Gasteiger partial charge >= 0.3 is 0 Å². The molecule has 1 heterocycles. The number of rotatable bonds is 5. The molecule has 5 nitrogen and oxygen atoms in total. The van der Waals surface area contributed by atoms with Crippen molar-refractivity contribution in [1.29, 1.82) is 0 Å². The Kier molecular flexibility index (Phi) is 5.91. The van der Waals surface area contributed by atoms with Crippen LogP contribution in [-0.4, -0.2) is 43.3 Å². The Hall–Kier alpha value is -1.56. The van der Waals surface area contributed by atoms with E-state index in [2.05, 4.69) is 0 Å². The molecule has 0 saturated carbocycles. The Morgan fingerprint density at radius 3 is 2.42 bits per heavy atom. The first-order valence-corrected chi connectivity index (χ1v) is 8.28. The van der Waals surface area contributed by atoms with E-state index in [0.29, 0.717) is 42.3 Å². The number of carbonyl (C=O) groups is 1. The lowest BCUT2D eigenvalue weighted by Gasteiger charge is -2.38. The zero-order valence-corrected chi connectivity index (χ0v) is 15.3. The van der Waals surface area contributed by atoms with E-state index in [4.69, 9.17) is 21.2 Å². The molecule has 0 atom stereocenters. The van der Waals surface area contributed by atoms with Crippen LogP contribution in [0, 0.1) is 5.41 Å². The lowest BCUT2D eigenvalue weighted by Crippen LogP contribution is -2.39. The number of Topliss-reactive ketones (excluding diaryl/α,β-unsaturated/α-hetero) is 1. The summed E-state index contributed by atoms with van der Waals surface area (Å²) in [6.07, 6.45) is 1.37. The number of aliphatic hydroxyl groups excluding tert-OH is 1. The Balaban J connectivity index is 2.52. The number of nitrogens with zero attached hydrogens (tertiary/aromatic N) is 1. The summed E-state index contributed by atoms with van der Waals surface area (Å²) in [5, 5.41) is 13.2. The quantitative estimate of drug-likeness (QED) is 0.643.